The number of benzene rings is 1. The van der Waals surface area contributed by atoms with Crippen LogP contribution in [0.15, 0.2) is 24.3 Å². The Morgan fingerprint density at radius 3 is 2.60 bits per heavy atom. The summed E-state index contributed by atoms with van der Waals surface area (Å²) < 4.78 is 10.9. The van der Waals surface area contributed by atoms with Crippen LogP contribution in [0, 0.1) is 0 Å². The second kappa shape index (κ2) is 9.87. The molecule has 0 radical (unpaired) electrons. The van der Waals surface area contributed by atoms with Crippen LogP contribution in [0.25, 0.3) is 0 Å². The summed E-state index contributed by atoms with van der Waals surface area (Å²) in [5.41, 5.74) is 2.42. The Kier molecular flexibility index (Phi) is 7.23. The number of hydrogen-bond donors (Lipinski definition) is 2. The van der Waals surface area contributed by atoms with Gasteiger partial charge >= 0.3 is 0 Å². The zero-order valence-corrected chi connectivity index (χ0v) is 14.8. The van der Waals surface area contributed by atoms with Crippen molar-refractivity contribution in [2.24, 2.45) is 0 Å². The Labute approximate surface area is 149 Å². The number of hydrogen-bond acceptors (Lipinski definition) is 5. The first kappa shape index (κ1) is 18.3. The van der Waals surface area contributed by atoms with Gasteiger partial charge in [-0.3, -0.25) is 9.69 Å². The molecule has 6 nitrogen and oxygen atoms in total. The molecular formula is C19H29N3O3. The van der Waals surface area contributed by atoms with Crippen LogP contribution in [0.4, 0.5) is 0 Å². The third-order valence-electron chi connectivity index (χ3n) is 4.70. The average molecular weight is 347 g/mol. The fraction of sp³-hybridized carbons (Fsp3) is 0.632. The molecule has 1 amide bonds. The lowest BCUT2D eigenvalue weighted by molar-refractivity contribution is -0.120. The van der Waals surface area contributed by atoms with E-state index in [0.29, 0.717) is 13.1 Å². The molecule has 138 valence electrons. The largest absolute Gasteiger partial charge is 0.379 e. The molecule has 25 heavy (non-hydrogen) atoms. The van der Waals surface area contributed by atoms with Gasteiger partial charge in [-0.05, 0) is 24.0 Å². The Bertz CT molecular complexity index is 523. The van der Waals surface area contributed by atoms with Crippen LogP contribution in [-0.2, 0) is 27.4 Å². The summed E-state index contributed by atoms with van der Waals surface area (Å²) in [6.07, 6.45) is 2.48. The van der Waals surface area contributed by atoms with Crippen LogP contribution >= 0.6 is 0 Å². The van der Waals surface area contributed by atoms with Gasteiger partial charge in [0.25, 0.3) is 0 Å². The van der Waals surface area contributed by atoms with Gasteiger partial charge in [0.1, 0.15) is 0 Å². The predicted octanol–water partition coefficient (Wildman–Crippen LogP) is 0.904. The maximum Gasteiger partial charge on any atom is 0.234 e. The molecule has 0 aromatic heterocycles. The average Bonchev–Trinajstić information content (AvgIpc) is 3.15. The van der Waals surface area contributed by atoms with Gasteiger partial charge in [-0.2, -0.15) is 0 Å². The summed E-state index contributed by atoms with van der Waals surface area (Å²) in [7, 11) is 0. The predicted molar refractivity (Wildman–Crippen MR) is 96.2 cm³/mol. The standard InChI is InChI=1S/C19H29N3O3/c23-19(14-20-13-18-2-1-9-25-18)21-12-16-3-5-17(6-4-16)15-22-7-10-24-11-8-22/h3-6,18,20H,1-2,7-15H2,(H,21,23). The van der Waals surface area contributed by atoms with Gasteiger partial charge in [0, 0.05) is 39.3 Å². The lowest BCUT2D eigenvalue weighted by Crippen LogP contribution is -2.37. The fourth-order valence-corrected chi connectivity index (χ4v) is 3.20. The molecule has 2 saturated heterocycles. The quantitative estimate of drug-likeness (QED) is 0.732. The lowest BCUT2D eigenvalue weighted by atomic mass is 10.1. The maximum absolute atomic E-state index is 11.9. The van der Waals surface area contributed by atoms with Crippen LogP contribution in [-0.4, -0.2) is 62.9 Å². The number of carbonyl (C=O) groups is 1. The van der Waals surface area contributed by atoms with Crippen molar-refractivity contribution in [2.45, 2.75) is 32.0 Å². The minimum atomic E-state index is 0.0235. The van der Waals surface area contributed by atoms with Crippen LogP contribution < -0.4 is 10.6 Å². The topological polar surface area (TPSA) is 62.8 Å². The molecule has 2 heterocycles. The highest BCUT2D eigenvalue weighted by Gasteiger charge is 2.15. The van der Waals surface area contributed by atoms with Gasteiger partial charge in [-0.25, -0.2) is 0 Å². The first-order chi connectivity index (χ1) is 12.3. The van der Waals surface area contributed by atoms with Gasteiger partial charge < -0.3 is 20.1 Å². The normalized spacial score (nSPS) is 21.4. The monoisotopic (exact) mass is 347 g/mol. The number of nitrogens with zero attached hydrogens (tertiary/aromatic N) is 1. The zero-order chi connectivity index (χ0) is 17.3. The van der Waals surface area contributed by atoms with Gasteiger partial charge in [0.05, 0.1) is 25.9 Å². The first-order valence-electron chi connectivity index (χ1n) is 9.26. The summed E-state index contributed by atoms with van der Waals surface area (Å²) in [5.74, 6) is 0.0235. The van der Waals surface area contributed by atoms with E-state index in [0.717, 1.165) is 64.4 Å². The molecular weight excluding hydrogens is 318 g/mol. The van der Waals surface area contributed by atoms with E-state index >= 15 is 0 Å². The van der Waals surface area contributed by atoms with E-state index in [4.69, 9.17) is 9.47 Å². The Morgan fingerprint density at radius 1 is 1.12 bits per heavy atom. The van der Waals surface area contributed by atoms with E-state index in [1.165, 1.54) is 5.56 Å². The fourth-order valence-electron chi connectivity index (χ4n) is 3.20. The highest BCUT2D eigenvalue weighted by Crippen LogP contribution is 2.10. The molecule has 0 spiro atoms. The van der Waals surface area contributed by atoms with Crippen molar-refractivity contribution in [3.8, 4) is 0 Å². The van der Waals surface area contributed by atoms with Crippen molar-refractivity contribution >= 4 is 5.91 Å². The lowest BCUT2D eigenvalue weighted by Gasteiger charge is -2.26. The first-order valence-corrected chi connectivity index (χ1v) is 9.26. The Morgan fingerprint density at radius 2 is 1.88 bits per heavy atom. The third kappa shape index (κ3) is 6.40. The van der Waals surface area contributed by atoms with Crippen LogP contribution in [0.3, 0.4) is 0 Å². The maximum atomic E-state index is 11.9. The minimum absolute atomic E-state index is 0.0235. The molecule has 2 aliphatic rings. The van der Waals surface area contributed by atoms with Gasteiger partial charge in [-0.1, -0.05) is 24.3 Å². The molecule has 1 atom stereocenters. The van der Waals surface area contributed by atoms with Crippen molar-refractivity contribution in [3.63, 3.8) is 0 Å². The Hall–Kier alpha value is -1.47. The van der Waals surface area contributed by atoms with E-state index in [9.17, 15) is 4.79 Å². The van der Waals surface area contributed by atoms with Crippen molar-refractivity contribution in [3.05, 3.63) is 35.4 Å². The SMILES string of the molecule is O=C(CNCC1CCCO1)NCc1ccc(CN2CCOCC2)cc1. The summed E-state index contributed by atoms with van der Waals surface area (Å²) >= 11 is 0. The van der Waals surface area contributed by atoms with Crippen molar-refractivity contribution < 1.29 is 14.3 Å². The highest BCUT2D eigenvalue weighted by molar-refractivity contribution is 5.77. The summed E-state index contributed by atoms with van der Waals surface area (Å²) in [5, 5.41) is 6.12. The van der Waals surface area contributed by atoms with Gasteiger partial charge in [-0.15, -0.1) is 0 Å². The molecule has 2 fully saturated rings. The van der Waals surface area contributed by atoms with Crippen molar-refractivity contribution in [2.75, 3.05) is 46.0 Å². The molecule has 1 aromatic rings. The molecule has 1 aromatic carbocycles. The van der Waals surface area contributed by atoms with Crippen LogP contribution in [0.5, 0.6) is 0 Å². The van der Waals surface area contributed by atoms with Gasteiger partial charge in [0.15, 0.2) is 0 Å². The summed E-state index contributed by atoms with van der Waals surface area (Å²) in [6.45, 7) is 7.11. The molecule has 0 aliphatic carbocycles. The minimum Gasteiger partial charge on any atom is -0.379 e. The van der Waals surface area contributed by atoms with E-state index in [1.54, 1.807) is 0 Å². The third-order valence-corrected chi connectivity index (χ3v) is 4.70. The van der Waals surface area contributed by atoms with E-state index in [2.05, 4.69) is 39.8 Å². The highest BCUT2D eigenvalue weighted by atomic mass is 16.5. The molecule has 0 saturated carbocycles. The molecule has 2 aliphatic heterocycles. The van der Waals surface area contributed by atoms with Crippen molar-refractivity contribution in [1.82, 2.24) is 15.5 Å². The molecule has 3 rings (SSSR count). The summed E-state index contributed by atoms with van der Waals surface area (Å²) in [6, 6.07) is 8.48. The second-order valence-corrected chi connectivity index (χ2v) is 6.75. The number of morpholine rings is 1. The molecule has 0 bridgehead atoms. The van der Waals surface area contributed by atoms with E-state index in [-0.39, 0.29) is 12.0 Å². The van der Waals surface area contributed by atoms with E-state index < -0.39 is 0 Å². The van der Waals surface area contributed by atoms with Gasteiger partial charge in [0.2, 0.25) is 5.91 Å². The number of nitrogens with one attached hydrogen (secondary N) is 2. The molecule has 6 heteroatoms. The number of carbonyl (C=O) groups excluding carboxylic acids is 1. The van der Waals surface area contributed by atoms with E-state index in [1.807, 2.05) is 0 Å². The number of rotatable bonds is 8. The summed E-state index contributed by atoms with van der Waals surface area (Å²) in [4.78, 5) is 14.3. The molecule has 2 N–H and O–H groups in total. The Balaban J connectivity index is 1.32. The molecule has 1 unspecified atom stereocenters. The number of ether oxygens (including phenoxy) is 2. The zero-order valence-electron chi connectivity index (χ0n) is 14.8. The van der Waals surface area contributed by atoms with Crippen molar-refractivity contribution in [1.29, 1.82) is 0 Å². The number of amides is 1. The smallest absolute Gasteiger partial charge is 0.234 e. The van der Waals surface area contributed by atoms with Crippen LogP contribution in [0.1, 0.15) is 24.0 Å². The second-order valence-electron chi connectivity index (χ2n) is 6.75. The van der Waals surface area contributed by atoms with Crippen LogP contribution in [0.2, 0.25) is 0 Å².